The number of fused-ring (bicyclic) bond motifs is 2. The lowest BCUT2D eigenvalue weighted by atomic mass is 9.51. The van der Waals surface area contributed by atoms with Gasteiger partial charge in [-0.15, -0.1) is 0 Å². The van der Waals surface area contributed by atoms with Gasteiger partial charge in [0.05, 0.1) is 26.9 Å². The van der Waals surface area contributed by atoms with E-state index in [1.165, 1.54) is 0 Å². The minimum atomic E-state index is -1.50. The summed E-state index contributed by atoms with van der Waals surface area (Å²) in [4.78, 5) is 11.3. The van der Waals surface area contributed by atoms with Crippen LogP contribution < -0.4 is 11.1 Å². The lowest BCUT2D eigenvalue weighted by molar-refractivity contribution is 0.130. The Morgan fingerprint density at radius 2 is 1.80 bits per heavy atom. The fraction of sp³-hybridized carbons (Fsp3) is 0.462. The fourth-order valence-corrected chi connectivity index (χ4v) is 3.39. The van der Waals surface area contributed by atoms with Crippen LogP contribution in [0, 0.1) is 0 Å². The molecule has 96 valence electrons. The smallest absolute Gasteiger partial charge is 0.316 e. The Bertz CT molecular complexity index is 572. The zero-order valence-corrected chi connectivity index (χ0v) is 11.1. The van der Waals surface area contributed by atoms with Gasteiger partial charge in [-0.05, 0) is 36.0 Å². The number of carbonyl (C=O) groups excluding carboxylic acids is 1. The molecule has 0 spiro atoms. The van der Waals surface area contributed by atoms with E-state index in [1.54, 1.807) is 0 Å². The van der Waals surface area contributed by atoms with E-state index in [-0.39, 0.29) is 0 Å². The Kier molecular flexibility index (Phi) is 2.77. The van der Waals surface area contributed by atoms with Gasteiger partial charge in [0.25, 0.3) is 0 Å². The monoisotopic (exact) mass is 262 g/mol. The van der Waals surface area contributed by atoms with E-state index in [1.807, 2.05) is 6.07 Å². The van der Waals surface area contributed by atoms with E-state index in [2.05, 4.69) is 5.32 Å². The Morgan fingerprint density at radius 1 is 1.20 bits per heavy atom. The first-order valence-corrected chi connectivity index (χ1v) is 6.57. The van der Waals surface area contributed by atoms with Crippen molar-refractivity contribution in [3.05, 3.63) is 28.3 Å². The Balaban J connectivity index is 2.30. The van der Waals surface area contributed by atoms with Crippen LogP contribution in [0.1, 0.15) is 35.1 Å². The number of hydrogen-bond donors (Lipinski definition) is 3. The zero-order chi connectivity index (χ0) is 14.7. The van der Waals surface area contributed by atoms with Crippen LogP contribution in [0.2, 0.25) is 0 Å². The van der Waals surface area contributed by atoms with Crippen LogP contribution >= 0.6 is 0 Å². The number of urea groups is 1. The third-order valence-electron chi connectivity index (χ3n) is 4.22. The largest absolute Gasteiger partial charge is 0.395 e. The average molecular weight is 262 g/mol. The summed E-state index contributed by atoms with van der Waals surface area (Å²) in [5.41, 5.74) is 7.12. The molecule has 4 nitrogen and oxygen atoms in total. The van der Waals surface area contributed by atoms with Crippen LogP contribution in [-0.2, 0) is 23.6 Å². The standard InChI is InChI=1S/C13H13B3N2O2/c14-12(15)3-1-6-5-7-2-4-13(16,20)9(7)10(8(6)12)18-11(17)19/h5,20H,1-4H2,(H3,17,18,19). The number of rotatable bonds is 1. The number of benzene rings is 1. The topological polar surface area (TPSA) is 75.3 Å². The van der Waals surface area contributed by atoms with E-state index in [9.17, 15) is 9.90 Å². The van der Waals surface area contributed by atoms with Crippen LogP contribution in [0.3, 0.4) is 0 Å². The molecule has 0 fully saturated rings. The lowest BCUT2D eigenvalue weighted by Gasteiger charge is -2.29. The van der Waals surface area contributed by atoms with Crippen molar-refractivity contribution in [3.8, 4) is 0 Å². The summed E-state index contributed by atoms with van der Waals surface area (Å²) in [5.74, 6) is 0. The summed E-state index contributed by atoms with van der Waals surface area (Å²) in [6.07, 6.45) is 2.33. The molecule has 2 aliphatic rings. The normalized spacial score (nSPS) is 26.1. The molecule has 0 heterocycles. The van der Waals surface area contributed by atoms with Crippen molar-refractivity contribution in [2.24, 2.45) is 5.73 Å². The number of aliphatic hydroxyl groups is 1. The second kappa shape index (κ2) is 4.07. The summed E-state index contributed by atoms with van der Waals surface area (Å²) in [7, 11) is 18.2. The molecule has 2 aliphatic carbocycles. The molecule has 0 saturated carbocycles. The van der Waals surface area contributed by atoms with Crippen molar-refractivity contribution in [1.29, 1.82) is 0 Å². The SMILES string of the molecule is [B]C1([B])CCc2cc3c(c(NC(N)=O)c21)C([B])(O)CC3. The third kappa shape index (κ3) is 1.87. The summed E-state index contributed by atoms with van der Waals surface area (Å²) in [5, 5.41) is 11.8. The first-order chi connectivity index (χ1) is 9.22. The van der Waals surface area contributed by atoms with Crippen LogP contribution in [0.15, 0.2) is 6.07 Å². The minimum absolute atomic E-state index is 0.384. The molecule has 0 aliphatic heterocycles. The average Bonchev–Trinajstić information content (AvgIpc) is 2.77. The molecule has 1 atom stereocenters. The van der Waals surface area contributed by atoms with Gasteiger partial charge in [0, 0.05) is 5.56 Å². The highest BCUT2D eigenvalue weighted by atomic mass is 16.3. The zero-order valence-electron chi connectivity index (χ0n) is 11.1. The maximum Gasteiger partial charge on any atom is 0.316 e. The van der Waals surface area contributed by atoms with Crippen molar-refractivity contribution >= 4 is 35.3 Å². The first-order valence-electron chi connectivity index (χ1n) is 6.57. The molecule has 1 aromatic carbocycles. The fourth-order valence-electron chi connectivity index (χ4n) is 3.39. The van der Waals surface area contributed by atoms with E-state index in [4.69, 9.17) is 29.3 Å². The van der Waals surface area contributed by atoms with Gasteiger partial charge < -0.3 is 16.2 Å². The lowest BCUT2D eigenvalue weighted by Crippen LogP contribution is -2.31. The highest BCUT2D eigenvalue weighted by Crippen LogP contribution is 2.48. The highest BCUT2D eigenvalue weighted by molar-refractivity contribution is 6.41. The molecule has 6 radical (unpaired) electrons. The molecule has 1 unspecified atom stereocenters. The second-order valence-corrected chi connectivity index (χ2v) is 5.77. The molecule has 20 heavy (non-hydrogen) atoms. The molecule has 3 rings (SSSR count). The Labute approximate surface area is 121 Å². The Hall–Kier alpha value is -1.36. The predicted octanol–water partition coefficient (Wildman–Crippen LogP) is -0.127. The van der Waals surface area contributed by atoms with E-state index >= 15 is 0 Å². The van der Waals surface area contributed by atoms with Crippen molar-refractivity contribution in [1.82, 2.24) is 0 Å². The van der Waals surface area contributed by atoms with Gasteiger partial charge in [-0.1, -0.05) is 17.7 Å². The number of anilines is 1. The van der Waals surface area contributed by atoms with E-state index in [0.717, 1.165) is 17.5 Å². The molecule has 0 bridgehead atoms. The molecule has 0 aromatic heterocycles. The minimum Gasteiger partial charge on any atom is -0.395 e. The molecule has 7 heteroatoms. The maximum absolute atomic E-state index is 11.3. The van der Waals surface area contributed by atoms with Crippen LogP contribution in [0.5, 0.6) is 0 Å². The van der Waals surface area contributed by atoms with Gasteiger partial charge >= 0.3 is 6.03 Å². The summed E-state index contributed by atoms with van der Waals surface area (Å²) in [6.45, 7) is 0. The molecule has 2 amide bonds. The van der Waals surface area contributed by atoms with Crippen LogP contribution in [0.4, 0.5) is 10.5 Å². The van der Waals surface area contributed by atoms with Gasteiger partial charge in [-0.2, -0.15) is 0 Å². The van der Waals surface area contributed by atoms with Crippen molar-refractivity contribution in [2.45, 2.75) is 36.4 Å². The van der Waals surface area contributed by atoms with Gasteiger partial charge in [0.1, 0.15) is 7.85 Å². The van der Waals surface area contributed by atoms with Crippen LogP contribution in [-0.4, -0.2) is 34.7 Å². The Morgan fingerprint density at radius 3 is 2.45 bits per heavy atom. The first kappa shape index (κ1) is 13.6. The number of aryl methyl sites for hydroxylation is 2. The van der Waals surface area contributed by atoms with Crippen LogP contribution in [0.25, 0.3) is 0 Å². The predicted molar refractivity (Wildman–Crippen MR) is 79.1 cm³/mol. The molecule has 4 N–H and O–H groups in total. The molecule has 1 aromatic rings. The quantitative estimate of drug-likeness (QED) is 0.616. The number of nitrogens with two attached hydrogens (primary N) is 1. The highest BCUT2D eigenvalue weighted by Gasteiger charge is 2.40. The molecular formula is C13H13B3N2O2. The number of nitrogens with one attached hydrogen (secondary N) is 1. The molecule has 0 saturated heterocycles. The van der Waals surface area contributed by atoms with Crippen molar-refractivity contribution < 1.29 is 9.90 Å². The van der Waals surface area contributed by atoms with Gasteiger partial charge in [-0.3, -0.25) is 0 Å². The summed E-state index contributed by atoms with van der Waals surface area (Å²) < 4.78 is 0. The number of primary amides is 1. The van der Waals surface area contributed by atoms with E-state index < -0.39 is 16.7 Å². The van der Waals surface area contributed by atoms with Crippen molar-refractivity contribution in [2.75, 3.05) is 5.32 Å². The number of amides is 2. The van der Waals surface area contributed by atoms with Crippen molar-refractivity contribution in [3.63, 3.8) is 0 Å². The molecular weight excluding hydrogens is 249 g/mol. The summed E-state index contributed by atoms with van der Waals surface area (Å²) in [6, 6.07) is 1.24. The number of hydrogen-bond acceptors (Lipinski definition) is 2. The van der Waals surface area contributed by atoms with Gasteiger partial charge in [0.15, 0.2) is 0 Å². The number of carbonyl (C=O) groups is 1. The van der Waals surface area contributed by atoms with E-state index in [0.29, 0.717) is 36.1 Å². The summed E-state index contributed by atoms with van der Waals surface area (Å²) >= 11 is 0. The maximum atomic E-state index is 11.3. The third-order valence-corrected chi connectivity index (χ3v) is 4.22. The van der Waals surface area contributed by atoms with Gasteiger partial charge in [0.2, 0.25) is 0 Å². The van der Waals surface area contributed by atoms with Gasteiger partial charge in [-0.25, -0.2) is 4.79 Å². The second-order valence-electron chi connectivity index (χ2n) is 5.77.